The fraction of sp³-hybridized carbons (Fsp3) is 0.500. The number of carboxylic acid groups (broad SMARTS) is 1. The minimum atomic E-state index is -1.14. The first kappa shape index (κ1) is 17.2. The Morgan fingerprint density at radius 2 is 1.81 bits per heavy atom. The van der Waals surface area contributed by atoms with Crippen molar-refractivity contribution in [1.29, 1.82) is 0 Å². The summed E-state index contributed by atoms with van der Waals surface area (Å²) in [5.74, 6) is -1.75. The predicted molar refractivity (Wildman–Crippen MR) is 78.4 cm³/mol. The number of aromatic carboxylic acids is 1. The van der Waals surface area contributed by atoms with Gasteiger partial charge in [0.2, 0.25) is 0 Å². The molecule has 21 heavy (non-hydrogen) atoms. The van der Waals surface area contributed by atoms with Gasteiger partial charge in [-0.05, 0) is 37.8 Å². The first-order valence-electron chi connectivity index (χ1n) is 7.23. The lowest BCUT2D eigenvalue weighted by Crippen LogP contribution is -2.12. The molecular weight excluding hydrogens is 272 g/mol. The van der Waals surface area contributed by atoms with Gasteiger partial charge >= 0.3 is 11.9 Å². The minimum Gasteiger partial charge on any atom is -0.478 e. The zero-order chi connectivity index (χ0) is 15.7. The molecule has 1 unspecified atom stereocenters. The van der Waals surface area contributed by atoms with Crippen LogP contribution in [0.4, 0.5) is 0 Å². The van der Waals surface area contributed by atoms with Crippen LogP contribution in [0, 0.1) is 0 Å². The number of hydrogen-bond donors (Lipinski definition) is 2. The third-order valence-electron chi connectivity index (χ3n) is 3.26. The molecule has 0 aliphatic heterocycles. The second kappa shape index (κ2) is 9.13. The molecule has 1 rings (SSSR count). The maximum atomic E-state index is 11.8. The molecule has 5 nitrogen and oxygen atoms in total. The monoisotopic (exact) mass is 294 g/mol. The average molecular weight is 294 g/mol. The Balaban J connectivity index is 2.33. The van der Waals surface area contributed by atoms with Crippen LogP contribution >= 0.6 is 0 Å². The van der Waals surface area contributed by atoms with Crippen LogP contribution in [0.25, 0.3) is 0 Å². The second-order valence-corrected chi connectivity index (χ2v) is 4.90. The van der Waals surface area contributed by atoms with E-state index in [4.69, 9.17) is 9.84 Å². The standard InChI is InChI=1S/C16H22O5/c1-2-12(17)8-4-3-7-11-21-16(20)14-10-6-5-9-13(14)15(18)19/h5-6,9-10,12,17H,2-4,7-8,11H2,1H3,(H,18,19). The molecule has 0 fully saturated rings. The van der Waals surface area contributed by atoms with E-state index in [-0.39, 0.29) is 23.8 Å². The fourth-order valence-corrected chi connectivity index (χ4v) is 1.95. The number of carbonyl (C=O) groups is 2. The lowest BCUT2D eigenvalue weighted by atomic mass is 10.1. The Kier molecular flexibility index (Phi) is 7.46. The first-order valence-corrected chi connectivity index (χ1v) is 7.23. The van der Waals surface area contributed by atoms with Crippen molar-refractivity contribution < 1.29 is 24.5 Å². The molecule has 0 aliphatic carbocycles. The lowest BCUT2D eigenvalue weighted by molar-refractivity contribution is 0.0485. The van der Waals surface area contributed by atoms with Crippen LogP contribution in [0.3, 0.4) is 0 Å². The zero-order valence-electron chi connectivity index (χ0n) is 12.2. The largest absolute Gasteiger partial charge is 0.478 e. The van der Waals surface area contributed by atoms with Gasteiger partial charge < -0.3 is 14.9 Å². The topological polar surface area (TPSA) is 83.8 Å². The van der Waals surface area contributed by atoms with E-state index in [9.17, 15) is 14.7 Å². The molecule has 0 radical (unpaired) electrons. The van der Waals surface area contributed by atoms with E-state index in [0.717, 1.165) is 25.7 Å². The minimum absolute atomic E-state index is 0.0476. The van der Waals surface area contributed by atoms with Gasteiger partial charge in [0.25, 0.3) is 0 Å². The number of hydrogen-bond acceptors (Lipinski definition) is 4. The number of carbonyl (C=O) groups excluding carboxylic acids is 1. The number of carboxylic acids is 1. The summed E-state index contributed by atoms with van der Waals surface area (Å²) < 4.78 is 5.09. The maximum absolute atomic E-state index is 11.8. The van der Waals surface area contributed by atoms with Crippen molar-refractivity contribution in [2.45, 2.75) is 45.1 Å². The van der Waals surface area contributed by atoms with Crippen LogP contribution in [0.1, 0.15) is 59.7 Å². The average Bonchev–Trinajstić information content (AvgIpc) is 2.50. The molecule has 1 aromatic carbocycles. The first-order chi connectivity index (χ1) is 10.1. The van der Waals surface area contributed by atoms with E-state index in [1.165, 1.54) is 12.1 Å². The molecule has 2 N–H and O–H groups in total. The number of esters is 1. The quantitative estimate of drug-likeness (QED) is 0.540. The third kappa shape index (κ3) is 5.95. The number of ether oxygens (including phenoxy) is 1. The van der Waals surface area contributed by atoms with Gasteiger partial charge in [0.1, 0.15) is 0 Å². The number of aliphatic hydroxyl groups excluding tert-OH is 1. The van der Waals surface area contributed by atoms with Crippen LogP contribution in [-0.2, 0) is 4.74 Å². The summed E-state index contributed by atoms with van der Waals surface area (Å²) in [6.45, 7) is 2.20. The highest BCUT2D eigenvalue weighted by Crippen LogP contribution is 2.11. The molecule has 0 aromatic heterocycles. The molecule has 0 heterocycles. The Morgan fingerprint density at radius 3 is 2.43 bits per heavy atom. The van der Waals surface area contributed by atoms with Crippen molar-refractivity contribution in [3.05, 3.63) is 35.4 Å². The van der Waals surface area contributed by atoms with E-state index < -0.39 is 11.9 Å². The molecule has 0 saturated carbocycles. The molecule has 1 aromatic rings. The third-order valence-corrected chi connectivity index (χ3v) is 3.26. The van der Waals surface area contributed by atoms with Gasteiger partial charge in [-0.25, -0.2) is 9.59 Å². The fourth-order valence-electron chi connectivity index (χ4n) is 1.95. The molecule has 0 aliphatic rings. The van der Waals surface area contributed by atoms with Crippen LogP contribution < -0.4 is 0 Å². The summed E-state index contributed by atoms with van der Waals surface area (Å²) in [4.78, 5) is 22.8. The second-order valence-electron chi connectivity index (χ2n) is 4.90. The molecule has 0 spiro atoms. The highest BCUT2D eigenvalue weighted by Gasteiger charge is 2.16. The van der Waals surface area contributed by atoms with E-state index in [0.29, 0.717) is 6.42 Å². The molecule has 5 heteroatoms. The molecule has 0 saturated heterocycles. The SMILES string of the molecule is CCC(O)CCCCCOC(=O)c1ccccc1C(=O)O. The predicted octanol–water partition coefficient (Wildman–Crippen LogP) is 2.87. The van der Waals surface area contributed by atoms with Crippen LogP contribution in [0.5, 0.6) is 0 Å². The summed E-state index contributed by atoms with van der Waals surface area (Å²) in [5.41, 5.74) is 0.0278. The van der Waals surface area contributed by atoms with Crippen molar-refractivity contribution in [1.82, 2.24) is 0 Å². The normalized spacial score (nSPS) is 11.9. The zero-order valence-corrected chi connectivity index (χ0v) is 12.2. The van der Waals surface area contributed by atoms with Gasteiger partial charge in [-0.15, -0.1) is 0 Å². The van der Waals surface area contributed by atoms with Gasteiger partial charge in [-0.1, -0.05) is 25.5 Å². The van der Waals surface area contributed by atoms with E-state index in [1.807, 2.05) is 6.92 Å². The van der Waals surface area contributed by atoms with Gasteiger partial charge in [0, 0.05) is 0 Å². The highest BCUT2D eigenvalue weighted by atomic mass is 16.5. The van der Waals surface area contributed by atoms with E-state index in [1.54, 1.807) is 12.1 Å². The van der Waals surface area contributed by atoms with Crippen molar-refractivity contribution in [3.8, 4) is 0 Å². The summed E-state index contributed by atoms with van der Waals surface area (Å²) in [6.07, 6.45) is 3.71. The Labute approximate surface area is 124 Å². The van der Waals surface area contributed by atoms with Crippen molar-refractivity contribution in [2.75, 3.05) is 6.61 Å². The molecule has 116 valence electrons. The molecule has 0 amide bonds. The highest BCUT2D eigenvalue weighted by molar-refractivity contribution is 6.02. The Morgan fingerprint density at radius 1 is 1.14 bits per heavy atom. The van der Waals surface area contributed by atoms with Gasteiger partial charge in [0.15, 0.2) is 0 Å². The van der Waals surface area contributed by atoms with Crippen LogP contribution in [-0.4, -0.2) is 34.9 Å². The molecular formula is C16H22O5. The lowest BCUT2D eigenvalue weighted by Gasteiger charge is -2.08. The number of benzene rings is 1. The van der Waals surface area contributed by atoms with Crippen LogP contribution in [0.15, 0.2) is 24.3 Å². The van der Waals surface area contributed by atoms with Crippen LogP contribution in [0.2, 0.25) is 0 Å². The van der Waals surface area contributed by atoms with E-state index in [2.05, 4.69) is 0 Å². The van der Waals surface area contributed by atoms with E-state index >= 15 is 0 Å². The summed E-state index contributed by atoms with van der Waals surface area (Å²) in [5, 5.41) is 18.4. The van der Waals surface area contributed by atoms with Crippen molar-refractivity contribution in [2.24, 2.45) is 0 Å². The van der Waals surface area contributed by atoms with Crippen molar-refractivity contribution in [3.63, 3.8) is 0 Å². The smallest absolute Gasteiger partial charge is 0.339 e. The van der Waals surface area contributed by atoms with Gasteiger partial charge in [-0.2, -0.15) is 0 Å². The number of aliphatic hydroxyl groups is 1. The summed E-state index contributed by atoms with van der Waals surface area (Å²) >= 11 is 0. The number of unbranched alkanes of at least 4 members (excludes halogenated alkanes) is 2. The summed E-state index contributed by atoms with van der Waals surface area (Å²) in [7, 11) is 0. The Hall–Kier alpha value is -1.88. The molecule has 0 bridgehead atoms. The maximum Gasteiger partial charge on any atom is 0.339 e. The number of rotatable bonds is 9. The molecule has 1 atom stereocenters. The Bertz CT molecular complexity index is 469. The summed E-state index contributed by atoms with van der Waals surface area (Å²) in [6, 6.07) is 6.00. The van der Waals surface area contributed by atoms with Gasteiger partial charge in [-0.3, -0.25) is 0 Å². The van der Waals surface area contributed by atoms with Gasteiger partial charge in [0.05, 0.1) is 23.8 Å². The van der Waals surface area contributed by atoms with Crippen molar-refractivity contribution >= 4 is 11.9 Å².